The van der Waals surface area contributed by atoms with E-state index < -0.39 is 8.60 Å². The lowest BCUT2D eigenvalue weighted by molar-refractivity contribution is 0.210. The highest BCUT2D eigenvalue weighted by Crippen LogP contribution is 2.28. The molecular formula is C6H11O3P. The summed E-state index contributed by atoms with van der Waals surface area (Å²) >= 11 is 0. The van der Waals surface area contributed by atoms with Gasteiger partial charge in [0.25, 0.3) is 0 Å². The van der Waals surface area contributed by atoms with E-state index in [9.17, 15) is 0 Å². The maximum atomic E-state index is 8.40. The minimum Gasteiger partial charge on any atom is -0.328 e. The first-order valence-electron chi connectivity index (χ1n) is 2.78. The highest BCUT2D eigenvalue weighted by Gasteiger charge is 2.07. The Labute approximate surface area is 61.6 Å². The minimum atomic E-state index is -2.28. The van der Waals surface area contributed by atoms with Crippen LogP contribution in [0.15, 0.2) is 25.3 Å². The van der Waals surface area contributed by atoms with Gasteiger partial charge in [-0.2, -0.15) is 0 Å². The highest BCUT2D eigenvalue weighted by atomic mass is 31.2. The molecule has 0 fully saturated rings. The van der Waals surface area contributed by atoms with Crippen LogP contribution in [0.2, 0.25) is 0 Å². The summed E-state index contributed by atoms with van der Waals surface area (Å²) in [5.74, 6) is 0. The van der Waals surface area contributed by atoms with Gasteiger partial charge in [-0.05, 0) is 6.42 Å². The van der Waals surface area contributed by atoms with Crippen molar-refractivity contribution in [1.82, 2.24) is 0 Å². The molecule has 2 N–H and O–H groups in total. The zero-order valence-corrected chi connectivity index (χ0v) is 6.50. The Morgan fingerprint density at radius 2 is 2.10 bits per heavy atom. The predicted octanol–water partition coefficient (Wildman–Crippen LogP) is 1.35. The molecule has 0 aliphatic rings. The summed E-state index contributed by atoms with van der Waals surface area (Å²) in [7, 11) is -2.28. The Morgan fingerprint density at radius 1 is 1.50 bits per heavy atom. The van der Waals surface area contributed by atoms with Gasteiger partial charge in [-0.3, -0.25) is 0 Å². The Balaban J connectivity index is 3.59. The number of hydrogen-bond donors (Lipinski definition) is 2. The normalized spacial score (nSPS) is 13.1. The molecule has 0 aromatic heterocycles. The highest BCUT2D eigenvalue weighted by molar-refractivity contribution is 7.39. The molecule has 58 valence electrons. The van der Waals surface area contributed by atoms with Gasteiger partial charge in [0.1, 0.15) is 0 Å². The summed E-state index contributed by atoms with van der Waals surface area (Å²) in [5, 5.41) is 0. The van der Waals surface area contributed by atoms with E-state index in [1.54, 1.807) is 6.08 Å². The average Bonchev–Trinajstić information content (AvgIpc) is 1.86. The first-order chi connectivity index (χ1) is 4.70. The van der Waals surface area contributed by atoms with Crippen LogP contribution in [0.25, 0.3) is 0 Å². The van der Waals surface area contributed by atoms with Gasteiger partial charge in [0.05, 0.1) is 6.10 Å². The third-order valence-electron chi connectivity index (χ3n) is 0.892. The monoisotopic (exact) mass is 162 g/mol. The summed E-state index contributed by atoms with van der Waals surface area (Å²) < 4.78 is 4.63. The van der Waals surface area contributed by atoms with Crippen molar-refractivity contribution in [3.05, 3.63) is 25.3 Å². The van der Waals surface area contributed by atoms with Gasteiger partial charge < -0.3 is 14.3 Å². The first-order valence-corrected chi connectivity index (χ1v) is 3.95. The molecule has 0 spiro atoms. The van der Waals surface area contributed by atoms with Crippen molar-refractivity contribution in [3.63, 3.8) is 0 Å². The van der Waals surface area contributed by atoms with Crippen LogP contribution in [-0.4, -0.2) is 15.9 Å². The van der Waals surface area contributed by atoms with Gasteiger partial charge >= 0.3 is 8.60 Å². The van der Waals surface area contributed by atoms with Gasteiger partial charge in [-0.15, -0.1) is 13.2 Å². The smallest absolute Gasteiger partial charge is 0.327 e. The molecular weight excluding hydrogens is 151 g/mol. The lowest BCUT2D eigenvalue weighted by Crippen LogP contribution is -2.03. The van der Waals surface area contributed by atoms with Crippen molar-refractivity contribution in [2.75, 3.05) is 0 Å². The zero-order valence-electron chi connectivity index (χ0n) is 5.60. The zero-order chi connectivity index (χ0) is 7.98. The molecule has 0 aromatic rings. The van der Waals surface area contributed by atoms with Crippen LogP contribution in [0.3, 0.4) is 0 Å². The molecule has 10 heavy (non-hydrogen) atoms. The minimum absolute atomic E-state index is 0.335. The van der Waals surface area contributed by atoms with Crippen LogP contribution in [0.4, 0.5) is 0 Å². The molecule has 0 heterocycles. The summed E-state index contributed by atoms with van der Waals surface area (Å²) in [4.78, 5) is 16.8. The van der Waals surface area contributed by atoms with Crippen molar-refractivity contribution in [3.8, 4) is 0 Å². The fourth-order valence-corrected chi connectivity index (χ4v) is 0.882. The Kier molecular flexibility index (Phi) is 5.45. The fourth-order valence-electron chi connectivity index (χ4n) is 0.468. The molecule has 1 atom stereocenters. The van der Waals surface area contributed by atoms with Crippen LogP contribution < -0.4 is 0 Å². The van der Waals surface area contributed by atoms with E-state index >= 15 is 0 Å². The van der Waals surface area contributed by atoms with E-state index in [-0.39, 0.29) is 6.10 Å². The Morgan fingerprint density at radius 3 is 2.40 bits per heavy atom. The maximum Gasteiger partial charge on any atom is 0.327 e. The third-order valence-corrected chi connectivity index (χ3v) is 1.35. The van der Waals surface area contributed by atoms with Crippen LogP contribution in [0.1, 0.15) is 6.42 Å². The number of hydrogen-bond acceptors (Lipinski definition) is 3. The molecule has 0 saturated heterocycles. The molecule has 0 bridgehead atoms. The van der Waals surface area contributed by atoms with Gasteiger partial charge in [0.2, 0.25) is 0 Å². The van der Waals surface area contributed by atoms with Crippen LogP contribution >= 0.6 is 8.60 Å². The summed E-state index contributed by atoms with van der Waals surface area (Å²) in [5.41, 5.74) is 0. The fraction of sp³-hybridized carbons (Fsp3) is 0.333. The largest absolute Gasteiger partial charge is 0.328 e. The van der Waals surface area contributed by atoms with Crippen molar-refractivity contribution in [2.24, 2.45) is 0 Å². The summed E-state index contributed by atoms with van der Waals surface area (Å²) in [6, 6.07) is 0. The average molecular weight is 162 g/mol. The second-order valence-corrected chi connectivity index (χ2v) is 2.37. The Bertz CT molecular complexity index is 114. The molecule has 0 saturated carbocycles. The lowest BCUT2D eigenvalue weighted by Gasteiger charge is -2.10. The van der Waals surface area contributed by atoms with Crippen molar-refractivity contribution >= 4 is 8.60 Å². The quantitative estimate of drug-likeness (QED) is 0.473. The van der Waals surface area contributed by atoms with Gasteiger partial charge in [-0.25, -0.2) is 0 Å². The molecule has 0 rings (SSSR count). The van der Waals surface area contributed by atoms with Crippen LogP contribution in [0.5, 0.6) is 0 Å². The van der Waals surface area contributed by atoms with E-state index in [1.807, 2.05) is 0 Å². The van der Waals surface area contributed by atoms with Crippen LogP contribution in [-0.2, 0) is 4.52 Å². The number of rotatable bonds is 5. The summed E-state index contributed by atoms with van der Waals surface area (Å²) in [6.45, 7) is 6.92. The van der Waals surface area contributed by atoms with E-state index in [0.29, 0.717) is 6.42 Å². The standard InChI is InChI=1S/C6H11O3P/c1-3-5-6(4-2)9-10(7)8/h3-4,6-8H,1-2,5H2. The van der Waals surface area contributed by atoms with E-state index in [2.05, 4.69) is 17.7 Å². The van der Waals surface area contributed by atoms with Gasteiger partial charge in [0.15, 0.2) is 0 Å². The van der Waals surface area contributed by atoms with E-state index in [0.717, 1.165) is 0 Å². The summed E-state index contributed by atoms with van der Waals surface area (Å²) in [6.07, 6.45) is 3.34. The molecule has 0 aliphatic carbocycles. The lowest BCUT2D eigenvalue weighted by atomic mass is 10.2. The molecule has 4 heteroatoms. The second-order valence-electron chi connectivity index (χ2n) is 1.66. The molecule has 3 nitrogen and oxygen atoms in total. The molecule has 0 aliphatic heterocycles. The SMILES string of the molecule is C=CCC(C=C)OP(O)O. The van der Waals surface area contributed by atoms with Crippen LogP contribution in [0, 0.1) is 0 Å². The van der Waals surface area contributed by atoms with Crippen molar-refractivity contribution < 1.29 is 14.3 Å². The molecule has 0 amide bonds. The van der Waals surface area contributed by atoms with E-state index in [4.69, 9.17) is 9.79 Å². The van der Waals surface area contributed by atoms with Gasteiger partial charge in [0, 0.05) is 0 Å². The predicted molar refractivity (Wildman–Crippen MR) is 41.2 cm³/mol. The van der Waals surface area contributed by atoms with E-state index in [1.165, 1.54) is 6.08 Å². The second kappa shape index (κ2) is 5.57. The first kappa shape index (κ1) is 9.79. The molecule has 0 aromatic carbocycles. The maximum absolute atomic E-state index is 8.40. The van der Waals surface area contributed by atoms with Crippen molar-refractivity contribution in [1.29, 1.82) is 0 Å². The van der Waals surface area contributed by atoms with Crippen molar-refractivity contribution in [2.45, 2.75) is 12.5 Å². The topological polar surface area (TPSA) is 49.7 Å². The third kappa shape index (κ3) is 4.65. The Hall–Kier alpha value is -0.210. The van der Waals surface area contributed by atoms with Gasteiger partial charge in [-0.1, -0.05) is 12.2 Å². The molecule has 0 radical (unpaired) electrons. The molecule has 1 unspecified atom stereocenters.